The maximum Gasteiger partial charge on any atom is 0.323 e. The number of hydrogen-bond acceptors (Lipinski definition) is 7. The number of rotatable bonds is 14. The van der Waals surface area contributed by atoms with Crippen molar-refractivity contribution in [1.29, 1.82) is 0 Å². The van der Waals surface area contributed by atoms with E-state index in [0.717, 1.165) is 13.0 Å². The van der Waals surface area contributed by atoms with Gasteiger partial charge >= 0.3 is 11.9 Å². The summed E-state index contributed by atoms with van der Waals surface area (Å²) in [5, 5.41) is 3.19. The molecule has 0 aliphatic rings. The monoisotopic (exact) mass is 402 g/mol. The van der Waals surface area contributed by atoms with Gasteiger partial charge in [0.05, 0.1) is 11.7 Å². The second-order valence-electron chi connectivity index (χ2n) is 8.60. The third kappa shape index (κ3) is 13.1. The number of ether oxygens (including phenoxy) is 3. The maximum absolute atomic E-state index is 12.1. The third-order valence-electron chi connectivity index (χ3n) is 4.18. The summed E-state index contributed by atoms with van der Waals surface area (Å²) in [5.41, 5.74) is 5.41. The predicted octanol–water partition coefficient (Wildman–Crippen LogP) is 3.14. The number of esters is 2. The summed E-state index contributed by atoms with van der Waals surface area (Å²) < 4.78 is 16.7. The Morgan fingerprint density at radius 2 is 1.64 bits per heavy atom. The van der Waals surface area contributed by atoms with Gasteiger partial charge in [-0.2, -0.15) is 0 Å². The normalized spacial score (nSPS) is 16.4. The van der Waals surface area contributed by atoms with Crippen molar-refractivity contribution >= 4 is 11.9 Å². The smallest absolute Gasteiger partial charge is 0.323 e. The van der Waals surface area contributed by atoms with Gasteiger partial charge in [-0.25, -0.2) is 0 Å². The number of hydrogen-bond donors (Lipinski definition) is 2. The summed E-state index contributed by atoms with van der Waals surface area (Å²) in [6, 6.07) is -0.821. The van der Waals surface area contributed by atoms with Gasteiger partial charge in [0.2, 0.25) is 0 Å². The lowest BCUT2D eigenvalue weighted by Gasteiger charge is -2.31. The molecule has 4 atom stereocenters. The summed E-state index contributed by atoms with van der Waals surface area (Å²) in [7, 11) is 0. The van der Waals surface area contributed by atoms with Crippen molar-refractivity contribution in [2.75, 3.05) is 6.54 Å². The standard InChI is InChI=1S/C21H42N2O5/c1-9-23-17(6)28-21(7,8)13-16(5)26-19(24)11-10-18(22)20(25)27-15(4)12-14(2)3/h14-18,23H,9-13,22H2,1-8H3. The van der Waals surface area contributed by atoms with Crippen LogP contribution < -0.4 is 11.1 Å². The lowest BCUT2D eigenvalue weighted by atomic mass is 10.0. The molecule has 7 heteroatoms. The second-order valence-corrected chi connectivity index (χ2v) is 8.60. The van der Waals surface area contributed by atoms with E-state index in [0.29, 0.717) is 12.3 Å². The minimum Gasteiger partial charge on any atom is -0.463 e. The van der Waals surface area contributed by atoms with Gasteiger partial charge in [0.1, 0.15) is 18.4 Å². The van der Waals surface area contributed by atoms with E-state index >= 15 is 0 Å². The SMILES string of the molecule is CCNC(C)OC(C)(C)CC(C)OC(=O)CCC(N)C(=O)OC(C)CC(C)C. The fourth-order valence-electron chi connectivity index (χ4n) is 3.26. The molecule has 0 saturated heterocycles. The van der Waals surface area contributed by atoms with Crippen molar-refractivity contribution in [3.05, 3.63) is 0 Å². The van der Waals surface area contributed by atoms with Gasteiger partial charge < -0.3 is 19.9 Å². The van der Waals surface area contributed by atoms with Crippen molar-refractivity contribution in [3.63, 3.8) is 0 Å². The van der Waals surface area contributed by atoms with Gasteiger partial charge in [0.25, 0.3) is 0 Å². The average molecular weight is 403 g/mol. The summed E-state index contributed by atoms with van der Waals surface area (Å²) in [6.07, 6.45) is 1.06. The van der Waals surface area contributed by atoms with E-state index in [1.54, 1.807) is 0 Å². The first-order chi connectivity index (χ1) is 12.9. The predicted molar refractivity (Wildman–Crippen MR) is 111 cm³/mol. The lowest BCUT2D eigenvalue weighted by molar-refractivity contribution is -0.154. The van der Waals surface area contributed by atoms with Crippen LogP contribution in [0.25, 0.3) is 0 Å². The molecule has 0 aromatic carbocycles. The largest absolute Gasteiger partial charge is 0.463 e. The summed E-state index contributed by atoms with van der Waals surface area (Å²) >= 11 is 0. The van der Waals surface area contributed by atoms with Crippen LogP contribution in [0, 0.1) is 5.92 Å². The van der Waals surface area contributed by atoms with Crippen molar-refractivity contribution in [1.82, 2.24) is 5.32 Å². The van der Waals surface area contributed by atoms with Crippen molar-refractivity contribution in [2.45, 2.75) is 111 Å². The first-order valence-electron chi connectivity index (χ1n) is 10.4. The van der Waals surface area contributed by atoms with Gasteiger partial charge in [-0.05, 0) is 59.9 Å². The van der Waals surface area contributed by atoms with E-state index in [4.69, 9.17) is 19.9 Å². The van der Waals surface area contributed by atoms with E-state index in [-0.39, 0.29) is 37.2 Å². The highest BCUT2D eigenvalue weighted by molar-refractivity contribution is 5.77. The highest BCUT2D eigenvalue weighted by Gasteiger charge is 2.26. The molecule has 166 valence electrons. The highest BCUT2D eigenvalue weighted by atomic mass is 16.6. The Morgan fingerprint density at radius 3 is 2.18 bits per heavy atom. The van der Waals surface area contributed by atoms with E-state index < -0.39 is 17.6 Å². The van der Waals surface area contributed by atoms with Crippen LogP contribution in [0.1, 0.15) is 81.1 Å². The minimum atomic E-state index is -0.821. The molecule has 0 aliphatic heterocycles. The topological polar surface area (TPSA) is 99.9 Å². The molecule has 0 rings (SSSR count). The first kappa shape index (κ1) is 26.8. The van der Waals surface area contributed by atoms with Crippen LogP contribution >= 0.6 is 0 Å². The average Bonchev–Trinajstić information content (AvgIpc) is 2.50. The van der Waals surface area contributed by atoms with Gasteiger partial charge in [-0.3, -0.25) is 14.9 Å². The van der Waals surface area contributed by atoms with E-state index in [2.05, 4.69) is 19.2 Å². The maximum atomic E-state index is 12.1. The van der Waals surface area contributed by atoms with Crippen molar-refractivity contribution < 1.29 is 23.8 Å². The molecule has 4 unspecified atom stereocenters. The Morgan fingerprint density at radius 1 is 1.04 bits per heavy atom. The number of carbonyl (C=O) groups is 2. The molecule has 0 spiro atoms. The molecule has 28 heavy (non-hydrogen) atoms. The molecule has 7 nitrogen and oxygen atoms in total. The van der Waals surface area contributed by atoms with Gasteiger partial charge in [0.15, 0.2) is 0 Å². The van der Waals surface area contributed by atoms with Crippen molar-refractivity contribution in [2.24, 2.45) is 11.7 Å². The molecule has 0 saturated carbocycles. The molecular weight excluding hydrogens is 360 g/mol. The van der Waals surface area contributed by atoms with Crippen LogP contribution in [0.4, 0.5) is 0 Å². The van der Waals surface area contributed by atoms with Crippen molar-refractivity contribution in [3.8, 4) is 0 Å². The summed E-state index contributed by atoms with van der Waals surface area (Å²) in [4.78, 5) is 24.1. The molecule has 0 aromatic heterocycles. The first-order valence-corrected chi connectivity index (χ1v) is 10.4. The zero-order valence-corrected chi connectivity index (χ0v) is 19.0. The van der Waals surface area contributed by atoms with E-state index in [1.807, 2.05) is 41.5 Å². The molecule has 0 bridgehead atoms. The Bertz CT molecular complexity index is 468. The Kier molecular flexibility index (Phi) is 12.6. The molecule has 0 heterocycles. The third-order valence-corrected chi connectivity index (χ3v) is 4.18. The molecule has 3 N–H and O–H groups in total. The van der Waals surface area contributed by atoms with Gasteiger partial charge in [-0.1, -0.05) is 20.8 Å². The number of nitrogens with one attached hydrogen (secondary N) is 1. The minimum absolute atomic E-state index is 0.0776. The van der Waals surface area contributed by atoms with E-state index in [9.17, 15) is 9.59 Å². The van der Waals surface area contributed by atoms with Crippen LogP contribution in [0.5, 0.6) is 0 Å². The summed E-state index contributed by atoms with van der Waals surface area (Å²) in [5.74, 6) is -0.410. The molecule has 0 radical (unpaired) electrons. The van der Waals surface area contributed by atoms with Crippen LogP contribution in [0.15, 0.2) is 0 Å². The van der Waals surface area contributed by atoms with E-state index in [1.165, 1.54) is 0 Å². The van der Waals surface area contributed by atoms with Crippen LogP contribution in [-0.2, 0) is 23.8 Å². The fraction of sp³-hybridized carbons (Fsp3) is 0.905. The zero-order chi connectivity index (χ0) is 21.9. The van der Waals surface area contributed by atoms with Gasteiger partial charge in [-0.15, -0.1) is 0 Å². The van der Waals surface area contributed by atoms with Crippen LogP contribution in [0.2, 0.25) is 0 Å². The Hall–Kier alpha value is -1.18. The second kappa shape index (κ2) is 13.1. The molecule has 0 amide bonds. The fourth-order valence-corrected chi connectivity index (χ4v) is 3.26. The molecule has 0 aliphatic carbocycles. The summed E-state index contributed by atoms with van der Waals surface area (Å²) in [6.45, 7) is 16.5. The number of carbonyl (C=O) groups excluding carboxylic acids is 2. The Balaban J connectivity index is 4.26. The van der Waals surface area contributed by atoms with Gasteiger partial charge in [0, 0.05) is 12.8 Å². The Labute approximate surface area is 171 Å². The van der Waals surface area contributed by atoms with Crippen LogP contribution in [-0.4, -0.2) is 48.6 Å². The van der Waals surface area contributed by atoms with Crippen LogP contribution in [0.3, 0.4) is 0 Å². The molecule has 0 aromatic rings. The lowest BCUT2D eigenvalue weighted by Crippen LogP contribution is -2.40. The zero-order valence-electron chi connectivity index (χ0n) is 19.0. The number of nitrogens with two attached hydrogens (primary N) is 1. The quantitative estimate of drug-likeness (QED) is 0.340. The molecule has 0 fully saturated rings. The highest BCUT2D eigenvalue weighted by Crippen LogP contribution is 2.20. The molecular formula is C21H42N2O5.